The Bertz CT molecular complexity index is 956. The van der Waals surface area contributed by atoms with E-state index in [1.165, 1.54) is 23.9 Å². The Morgan fingerprint density at radius 1 is 1.21 bits per heavy atom. The second-order valence-electron chi connectivity index (χ2n) is 6.34. The minimum Gasteiger partial charge on any atom is -0.463 e. The van der Waals surface area contributed by atoms with Crippen molar-refractivity contribution < 1.29 is 14.5 Å². The smallest absolute Gasteiger partial charge is 0.338 e. The van der Waals surface area contributed by atoms with Gasteiger partial charge in [-0.2, -0.15) is 0 Å². The van der Waals surface area contributed by atoms with Crippen LogP contribution < -0.4 is 5.32 Å². The summed E-state index contributed by atoms with van der Waals surface area (Å²) >= 11 is 1.48. The van der Waals surface area contributed by atoms with Gasteiger partial charge in [-0.15, -0.1) is 0 Å². The minimum atomic E-state index is -0.448. The van der Waals surface area contributed by atoms with Crippen LogP contribution in [0.5, 0.6) is 0 Å². The van der Waals surface area contributed by atoms with Crippen LogP contribution >= 0.6 is 11.8 Å². The van der Waals surface area contributed by atoms with Gasteiger partial charge >= 0.3 is 5.97 Å². The van der Waals surface area contributed by atoms with E-state index in [0.717, 1.165) is 11.1 Å². The molecular weight excluding hydrogens is 390 g/mol. The summed E-state index contributed by atoms with van der Waals surface area (Å²) in [4.78, 5) is 27.6. The van der Waals surface area contributed by atoms with E-state index < -0.39 is 11.0 Å². The number of nitrogens with zero attached hydrogens (tertiary/aromatic N) is 2. The fourth-order valence-electron chi connectivity index (χ4n) is 2.94. The van der Waals surface area contributed by atoms with E-state index in [9.17, 15) is 14.9 Å². The molecule has 1 unspecified atom stereocenters. The molecule has 0 amide bonds. The van der Waals surface area contributed by atoms with E-state index in [1.54, 1.807) is 19.1 Å². The molecule has 8 heteroatoms. The maximum Gasteiger partial charge on any atom is 0.338 e. The van der Waals surface area contributed by atoms with Gasteiger partial charge < -0.3 is 10.1 Å². The normalized spacial score (nSPS) is 16.1. The van der Waals surface area contributed by atoms with Crippen LogP contribution in [0.1, 0.15) is 31.0 Å². The van der Waals surface area contributed by atoms with E-state index in [-0.39, 0.29) is 11.7 Å². The number of rotatable bonds is 6. The summed E-state index contributed by atoms with van der Waals surface area (Å²) in [5.41, 5.74) is 3.12. The number of esters is 1. The first-order valence-corrected chi connectivity index (χ1v) is 10.1. The number of hydrogen-bond acceptors (Lipinski definition) is 7. The molecule has 150 valence electrons. The van der Waals surface area contributed by atoms with Gasteiger partial charge in [-0.25, -0.2) is 9.79 Å². The van der Waals surface area contributed by atoms with Gasteiger partial charge in [0.25, 0.3) is 5.69 Å². The number of amidine groups is 1. The zero-order chi connectivity index (χ0) is 20.8. The Morgan fingerprint density at radius 2 is 1.90 bits per heavy atom. The number of thioether (sulfide) groups is 1. The molecule has 29 heavy (non-hydrogen) atoms. The standard InChI is InChI=1S/C21H21N3O4S/c1-3-28-20(25)18-14(2)22-21(23-19(18)16-7-5-4-6-8-16)29-13-15-9-11-17(12-10-15)24(26)27/h4-12,19H,3,13H2,1-2H3,(H,22,23). The molecule has 0 saturated heterocycles. The molecule has 3 rings (SSSR count). The quantitative estimate of drug-likeness (QED) is 0.431. The zero-order valence-electron chi connectivity index (χ0n) is 16.1. The molecule has 0 saturated carbocycles. The van der Waals surface area contributed by atoms with Gasteiger partial charge in [0.05, 0.1) is 17.1 Å². The lowest BCUT2D eigenvalue weighted by Crippen LogP contribution is -2.30. The fraction of sp³-hybridized carbons (Fsp3) is 0.238. The van der Waals surface area contributed by atoms with Gasteiger partial charge in [0.1, 0.15) is 6.04 Å². The average molecular weight is 411 g/mol. The van der Waals surface area contributed by atoms with E-state index in [4.69, 9.17) is 9.73 Å². The number of hydrogen-bond donors (Lipinski definition) is 1. The number of allylic oxidation sites excluding steroid dienone is 1. The summed E-state index contributed by atoms with van der Waals surface area (Å²) in [6, 6.07) is 15.6. The highest BCUT2D eigenvalue weighted by Crippen LogP contribution is 2.33. The van der Waals surface area contributed by atoms with Crippen molar-refractivity contribution in [1.29, 1.82) is 0 Å². The summed E-state index contributed by atoms with van der Waals surface area (Å²) in [5.74, 6) is 0.211. The molecule has 1 aliphatic rings. The number of nitrogens with one attached hydrogen (secondary N) is 1. The second-order valence-corrected chi connectivity index (χ2v) is 7.31. The fourth-order valence-corrected chi connectivity index (χ4v) is 3.84. The number of benzene rings is 2. The van der Waals surface area contributed by atoms with Crippen LogP contribution in [0, 0.1) is 10.1 Å². The van der Waals surface area contributed by atoms with Crippen molar-refractivity contribution in [3.8, 4) is 0 Å². The van der Waals surface area contributed by atoms with Crippen LogP contribution in [0.3, 0.4) is 0 Å². The second kappa shape index (κ2) is 9.38. The third-order valence-corrected chi connectivity index (χ3v) is 5.31. The largest absolute Gasteiger partial charge is 0.463 e. The van der Waals surface area contributed by atoms with Gasteiger partial charge in [0.15, 0.2) is 5.17 Å². The van der Waals surface area contributed by atoms with E-state index in [1.807, 2.05) is 37.3 Å². The predicted octanol–water partition coefficient (Wildman–Crippen LogP) is 4.37. The van der Waals surface area contributed by atoms with E-state index >= 15 is 0 Å². The highest BCUT2D eigenvalue weighted by atomic mass is 32.2. The van der Waals surface area contributed by atoms with Crippen LogP contribution in [-0.4, -0.2) is 22.7 Å². The maximum atomic E-state index is 12.5. The van der Waals surface area contributed by atoms with Gasteiger partial charge in [-0.1, -0.05) is 54.2 Å². The Morgan fingerprint density at radius 3 is 2.52 bits per heavy atom. The van der Waals surface area contributed by atoms with Crippen molar-refractivity contribution in [2.45, 2.75) is 25.6 Å². The third-order valence-electron chi connectivity index (χ3n) is 4.35. The lowest BCUT2D eigenvalue weighted by Gasteiger charge is -2.25. The summed E-state index contributed by atoms with van der Waals surface area (Å²) in [7, 11) is 0. The lowest BCUT2D eigenvalue weighted by atomic mass is 9.97. The van der Waals surface area contributed by atoms with Gasteiger partial charge in [-0.3, -0.25) is 10.1 Å². The number of carbonyl (C=O) groups excluding carboxylic acids is 1. The third kappa shape index (κ3) is 5.03. The van der Waals surface area contributed by atoms with Gasteiger partial charge in [-0.05, 0) is 25.0 Å². The minimum absolute atomic E-state index is 0.0638. The van der Waals surface area contributed by atoms with Crippen molar-refractivity contribution >= 4 is 28.6 Å². The molecule has 0 spiro atoms. The Kier molecular flexibility index (Phi) is 6.66. The van der Waals surface area contributed by atoms with Crippen LogP contribution in [0.2, 0.25) is 0 Å². The molecule has 0 aliphatic carbocycles. The monoisotopic (exact) mass is 411 g/mol. The first-order valence-electron chi connectivity index (χ1n) is 9.13. The first-order chi connectivity index (χ1) is 14.0. The summed E-state index contributed by atoms with van der Waals surface area (Å²) < 4.78 is 5.23. The van der Waals surface area contributed by atoms with Crippen LogP contribution in [-0.2, 0) is 15.3 Å². The Balaban J connectivity index is 1.81. The first kappa shape index (κ1) is 20.6. The van der Waals surface area contributed by atoms with Crippen molar-refractivity contribution in [1.82, 2.24) is 5.32 Å². The number of nitro groups is 1. The van der Waals surface area contributed by atoms with Crippen molar-refractivity contribution in [3.05, 3.63) is 87.1 Å². The number of aliphatic imine (C=N–C) groups is 1. The molecule has 0 aromatic heterocycles. The summed E-state index contributed by atoms with van der Waals surface area (Å²) in [6.45, 7) is 3.90. The van der Waals surface area contributed by atoms with Crippen LogP contribution in [0.25, 0.3) is 0 Å². The van der Waals surface area contributed by atoms with E-state index in [0.29, 0.717) is 28.8 Å². The van der Waals surface area contributed by atoms with Crippen LogP contribution in [0.4, 0.5) is 5.69 Å². The number of carbonyl (C=O) groups is 1. The number of nitro benzene ring substituents is 1. The molecule has 1 atom stereocenters. The molecule has 0 bridgehead atoms. The Labute approximate surface area is 173 Å². The molecule has 0 radical (unpaired) electrons. The summed E-state index contributed by atoms with van der Waals surface area (Å²) in [6.07, 6.45) is 0. The molecule has 2 aromatic carbocycles. The topological polar surface area (TPSA) is 93.8 Å². The molecule has 0 fully saturated rings. The molecule has 1 aliphatic heterocycles. The van der Waals surface area contributed by atoms with Gasteiger partial charge in [0, 0.05) is 23.6 Å². The molecule has 2 aromatic rings. The molecule has 1 N–H and O–H groups in total. The molecular formula is C21H21N3O4S. The molecule has 1 heterocycles. The summed E-state index contributed by atoms with van der Waals surface area (Å²) in [5, 5.41) is 14.7. The average Bonchev–Trinajstić information content (AvgIpc) is 2.73. The van der Waals surface area contributed by atoms with Crippen molar-refractivity contribution in [2.24, 2.45) is 4.99 Å². The van der Waals surface area contributed by atoms with Crippen molar-refractivity contribution in [3.63, 3.8) is 0 Å². The maximum absolute atomic E-state index is 12.5. The van der Waals surface area contributed by atoms with E-state index in [2.05, 4.69) is 5.32 Å². The highest BCUT2D eigenvalue weighted by Gasteiger charge is 2.30. The Hall–Kier alpha value is -3.13. The number of non-ortho nitro benzene ring substituents is 1. The zero-order valence-corrected chi connectivity index (χ0v) is 16.9. The number of ether oxygens (including phenoxy) is 1. The van der Waals surface area contributed by atoms with Crippen LogP contribution in [0.15, 0.2) is 70.9 Å². The lowest BCUT2D eigenvalue weighted by molar-refractivity contribution is -0.384. The van der Waals surface area contributed by atoms with Gasteiger partial charge in [0.2, 0.25) is 0 Å². The van der Waals surface area contributed by atoms with Crippen molar-refractivity contribution in [2.75, 3.05) is 6.61 Å². The predicted molar refractivity (Wildman–Crippen MR) is 113 cm³/mol. The highest BCUT2D eigenvalue weighted by molar-refractivity contribution is 8.13. The molecule has 7 nitrogen and oxygen atoms in total. The SMILES string of the molecule is CCOC(=O)C1=C(C)NC(SCc2ccc([N+](=O)[O-])cc2)=NC1c1ccccc1.